The number of anilines is 1. The summed E-state index contributed by atoms with van der Waals surface area (Å²) in [5.74, 6) is 0.600. The van der Waals surface area contributed by atoms with Gasteiger partial charge in [0, 0.05) is 12.1 Å². The van der Waals surface area contributed by atoms with Gasteiger partial charge >= 0.3 is 0 Å². The highest BCUT2D eigenvalue weighted by atomic mass is 16.2. The van der Waals surface area contributed by atoms with Gasteiger partial charge in [-0.3, -0.25) is 29.4 Å². The van der Waals surface area contributed by atoms with Crippen molar-refractivity contribution in [2.45, 2.75) is 37.3 Å². The third-order valence-corrected chi connectivity index (χ3v) is 4.87. The van der Waals surface area contributed by atoms with Crippen molar-refractivity contribution in [2.24, 2.45) is 0 Å². The van der Waals surface area contributed by atoms with Crippen LogP contribution >= 0.6 is 0 Å². The van der Waals surface area contributed by atoms with Crippen LogP contribution in [0.5, 0.6) is 0 Å². The zero-order valence-electron chi connectivity index (χ0n) is 13.3. The molecule has 126 valence electrons. The molecule has 1 saturated carbocycles. The van der Waals surface area contributed by atoms with Gasteiger partial charge in [0.05, 0.1) is 16.7 Å². The number of rotatable bonds is 3. The summed E-state index contributed by atoms with van der Waals surface area (Å²) in [6, 6.07) is 3.96. The quantitative estimate of drug-likeness (QED) is 0.624. The number of piperidine rings is 1. The lowest BCUT2D eigenvalue weighted by atomic mass is 10.0. The molecule has 1 atom stereocenters. The molecular weight excluding hydrogens is 322 g/mol. The molecule has 2 fully saturated rings. The number of nitrogens with zero attached hydrogens (tertiary/aromatic N) is 1. The fourth-order valence-electron chi connectivity index (χ4n) is 3.31. The summed E-state index contributed by atoms with van der Waals surface area (Å²) in [5.41, 5.74) is 0.507. The summed E-state index contributed by atoms with van der Waals surface area (Å²) in [6.45, 7) is 0. The standard InChI is InChI=1S/C18H15N3O4/c1-2-18(8-9-18)20-11-5-3-4-10-14(11)17(25)21(16(10)24)12-6-7-13(22)19-15(12)23/h1,3-5,12,20H,6-9H2,(H,19,22,23). The maximum Gasteiger partial charge on any atom is 0.264 e. The summed E-state index contributed by atoms with van der Waals surface area (Å²) in [6.07, 6.45) is 7.36. The summed E-state index contributed by atoms with van der Waals surface area (Å²) in [5, 5.41) is 5.36. The molecule has 25 heavy (non-hydrogen) atoms. The lowest BCUT2D eigenvalue weighted by molar-refractivity contribution is -0.136. The minimum atomic E-state index is -0.972. The maximum absolute atomic E-state index is 12.9. The monoisotopic (exact) mass is 337 g/mol. The number of fused-ring (bicyclic) bond motifs is 1. The van der Waals surface area contributed by atoms with E-state index in [-0.39, 0.29) is 24.0 Å². The molecule has 7 heteroatoms. The summed E-state index contributed by atoms with van der Waals surface area (Å²) in [4.78, 5) is 50.0. The fraction of sp³-hybridized carbons (Fsp3) is 0.333. The van der Waals surface area contributed by atoms with E-state index in [1.54, 1.807) is 18.2 Å². The molecule has 1 aromatic rings. The van der Waals surface area contributed by atoms with Crippen LogP contribution in [0.1, 0.15) is 46.4 Å². The van der Waals surface area contributed by atoms with Crippen molar-refractivity contribution in [2.75, 3.05) is 5.32 Å². The van der Waals surface area contributed by atoms with Gasteiger partial charge in [-0.05, 0) is 31.4 Å². The summed E-state index contributed by atoms with van der Waals surface area (Å²) < 4.78 is 0. The Morgan fingerprint density at radius 1 is 1.20 bits per heavy atom. The Labute approximate surface area is 143 Å². The number of carbonyl (C=O) groups is 4. The van der Waals surface area contributed by atoms with Gasteiger partial charge in [-0.1, -0.05) is 12.0 Å². The van der Waals surface area contributed by atoms with Crippen molar-refractivity contribution in [3.8, 4) is 12.3 Å². The molecule has 2 heterocycles. The Morgan fingerprint density at radius 2 is 1.96 bits per heavy atom. The first-order valence-electron chi connectivity index (χ1n) is 8.06. The molecule has 1 aromatic carbocycles. The van der Waals surface area contributed by atoms with Crippen molar-refractivity contribution < 1.29 is 19.2 Å². The zero-order valence-corrected chi connectivity index (χ0v) is 13.3. The molecule has 3 aliphatic rings. The lowest BCUT2D eigenvalue weighted by Gasteiger charge is -2.27. The van der Waals surface area contributed by atoms with E-state index in [1.165, 1.54) is 0 Å². The Hall–Kier alpha value is -3.14. The van der Waals surface area contributed by atoms with Crippen LogP contribution in [0, 0.1) is 12.3 Å². The highest BCUT2D eigenvalue weighted by molar-refractivity contribution is 6.25. The van der Waals surface area contributed by atoms with Gasteiger partial charge < -0.3 is 5.32 Å². The number of imide groups is 2. The molecule has 0 spiro atoms. The van der Waals surface area contributed by atoms with Crippen molar-refractivity contribution in [3.63, 3.8) is 0 Å². The van der Waals surface area contributed by atoms with Crippen LogP contribution < -0.4 is 10.6 Å². The van der Waals surface area contributed by atoms with Crippen LogP contribution in [-0.2, 0) is 9.59 Å². The van der Waals surface area contributed by atoms with Gasteiger partial charge in [0.2, 0.25) is 11.8 Å². The summed E-state index contributed by atoms with van der Waals surface area (Å²) >= 11 is 0. The maximum atomic E-state index is 12.9. The van der Waals surface area contributed by atoms with E-state index in [1.807, 2.05) is 0 Å². The minimum Gasteiger partial charge on any atom is -0.368 e. The normalized spacial score (nSPS) is 23.8. The van der Waals surface area contributed by atoms with Crippen LogP contribution in [0.25, 0.3) is 0 Å². The first-order valence-corrected chi connectivity index (χ1v) is 8.06. The molecule has 7 nitrogen and oxygen atoms in total. The van der Waals surface area contributed by atoms with Gasteiger partial charge in [0.1, 0.15) is 6.04 Å². The Balaban J connectivity index is 1.69. The van der Waals surface area contributed by atoms with E-state index >= 15 is 0 Å². The smallest absolute Gasteiger partial charge is 0.264 e. The third-order valence-electron chi connectivity index (χ3n) is 4.87. The highest BCUT2D eigenvalue weighted by Gasteiger charge is 2.47. The van der Waals surface area contributed by atoms with E-state index in [2.05, 4.69) is 16.6 Å². The molecule has 2 N–H and O–H groups in total. The van der Waals surface area contributed by atoms with Crippen LogP contribution in [0.15, 0.2) is 18.2 Å². The first kappa shape index (κ1) is 15.4. The van der Waals surface area contributed by atoms with Gasteiger partial charge in [-0.25, -0.2) is 0 Å². The number of terminal acetylenes is 1. The second-order valence-corrected chi connectivity index (χ2v) is 6.53. The molecule has 2 aliphatic heterocycles. The number of amides is 4. The van der Waals surface area contributed by atoms with Gasteiger partial charge in [-0.15, -0.1) is 6.42 Å². The van der Waals surface area contributed by atoms with Crippen LogP contribution in [0.3, 0.4) is 0 Å². The molecule has 4 rings (SSSR count). The molecule has 4 amide bonds. The second kappa shape index (κ2) is 5.18. The van der Waals surface area contributed by atoms with Gasteiger partial charge in [0.25, 0.3) is 11.8 Å². The van der Waals surface area contributed by atoms with E-state index in [4.69, 9.17) is 6.42 Å². The van der Waals surface area contributed by atoms with Gasteiger partial charge in [0.15, 0.2) is 0 Å². The zero-order chi connectivity index (χ0) is 17.8. The lowest BCUT2D eigenvalue weighted by Crippen LogP contribution is -2.54. The van der Waals surface area contributed by atoms with E-state index in [0.29, 0.717) is 5.69 Å². The molecule has 1 saturated heterocycles. The van der Waals surface area contributed by atoms with E-state index in [0.717, 1.165) is 17.7 Å². The fourth-order valence-corrected chi connectivity index (χ4v) is 3.31. The third kappa shape index (κ3) is 2.30. The molecule has 0 bridgehead atoms. The average molecular weight is 337 g/mol. The minimum absolute atomic E-state index is 0.0924. The number of benzene rings is 1. The second-order valence-electron chi connectivity index (χ2n) is 6.53. The van der Waals surface area contributed by atoms with Crippen LogP contribution in [0.4, 0.5) is 5.69 Å². The first-order chi connectivity index (χ1) is 12.0. The van der Waals surface area contributed by atoms with Crippen LogP contribution in [0.2, 0.25) is 0 Å². The Morgan fingerprint density at radius 3 is 2.60 bits per heavy atom. The molecule has 0 aromatic heterocycles. The van der Waals surface area contributed by atoms with Crippen molar-refractivity contribution >= 4 is 29.3 Å². The van der Waals surface area contributed by atoms with Crippen molar-refractivity contribution in [1.82, 2.24) is 10.2 Å². The largest absolute Gasteiger partial charge is 0.368 e. The highest BCUT2D eigenvalue weighted by Crippen LogP contribution is 2.41. The molecule has 1 unspecified atom stereocenters. The van der Waals surface area contributed by atoms with Gasteiger partial charge in [-0.2, -0.15) is 0 Å². The molecule has 1 aliphatic carbocycles. The molecular formula is C18H15N3O4. The van der Waals surface area contributed by atoms with E-state index < -0.39 is 35.2 Å². The number of nitrogens with one attached hydrogen (secondary N) is 2. The van der Waals surface area contributed by atoms with Crippen LogP contribution in [-0.4, -0.2) is 40.1 Å². The number of carbonyl (C=O) groups excluding carboxylic acids is 4. The SMILES string of the molecule is C#CC1(Nc2cccc3c2C(=O)N(C2CCC(=O)NC2=O)C3=O)CC1. The molecule has 0 radical (unpaired) electrons. The van der Waals surface area contributed by atoms with E-state index in [9.17, 15) is 19.2 Å². The van der Waals surface area contributed by atoms with Crippen molar-refractivity contribution in [3.05, 3.63) is 29.3 Å². The number of hydrogen-bond donors (Lipinski definition) is 2. The topological polar surface area (TPSA) is 95.6 Å². The predicted molar refractivity (Wildman–Crippen MR) is 87.5 cm³/mol. The average Bonchev–Trinajstić information content (AvgIpc) is 3.31. The van der Waals surface area contributed by atoms with Crippen molar-refractivity contribution in [1.29, 1.82) is 0 Å². The Bertz CT molecular complexity index is 879. The summed E-state index contributed by atoms with van der Waals surface area (Å²) in [7, 11) is 0. The Kier molecular flexibility index (Phi) is 3.19. The number of hydrogen-bond acceptors (Lipinski definition) is 5. The predicted octanol–water partition coefficient (Wildman–Crippen LogP) is 0.665.